The van der Waals surface area contributed by atoms with Gasteiger partial charge in [0, 0.05) is 6.42 Å². The van der Waals surface area contributed by atoms with Gasteiger partial charge in [0.2, 0.25) is 0 Å². The van der Waals surface area contributed by atoms with E-state index in [1.165, 1.54) is 6.07 Å². The molecule has 1 aromatic carbocycles. The lowest BCUT2D eigenvalue weighted by molar-refractivity contribution is -0.139. The summed E-state index contributed by atoms with van der Waals surface area (Å²) in [5.74, 6) is 5.23. The van der Waals surface area contributed by atoms with Gasteiger partial charge in [0.1, 0.15) is 5.75 Å². The predicted octanol–water partition coefficient (Wildman–Crippen LogP) is 3.00. The smallest absolute Gasteiger partial charge is 0.419 e. The second-order valence-corrected chi connectivity index (χ2v) is 3.89. The number of benzene rings is 1. The lowest BCUT2D eigenvalue weighted by Gasteiger charge is -2.14. The van der Waals surface area contributed by atoms with Crippen LogP contribution in [0.25, 0.3) is 0 Å². The molecule has 2 nitrogen and oxygen atoms in total. The molecule has 0 aromatic heterocycles. The van der Waals surface area contributed by atoms with Crippen LogP contribution in [0.4, 0.5) is 13.2 Å². The molecule has 1 rings (SSSR count). The Kier molecular flexibility index (Phi) is 5.71. The van der Waals surface area contributed by atoms with Crippen molar-refractivity contribution < 1.29 is 17.9 Å². The Morgan fingerprint density at radius 2 is 2.05 bits per heavy atom. The van der Waals surface area contributed by atoms with Gasteiger partial charge < -0.3 is 10.5 Å². The van der Waals surface area contributed by atoms with Crippen molar-refractivity contribution in [3.8, 4) is 17.6 Å². The Bertz CT molecular complexity index is 472. The highest BCUT2D eigenvalue weighted by molar-refractivity contribution is 5.39. The summed E-state index contributed by atoms with van der Waals surface area (Å²) >= 11 is 0. The number of rotatable bonds is 5. The van der Waals surface area contributed by atoms with Gasteiger partial charge in [0.25, 0.3) is 0 Å². The summed E-state index contributed by atoms with van der Waals surface area (Å²) in [7, 11) is 0. The second-order valence-electron chi connectivity index (χ2n) is 3.89. The quantitative estimate of drug-likeness (QED) is 0.660. The Hall–Kier alpha value is -1.67. The highest BCUT2D eigenvalue weighted by Crippen LogP contribution is 2.36. The van der Waals surface area contributed by atoms with Gasteiger partial charge in [-0.15, -0.1) is 11.8 Å². The predicted molar refractivity (Wildman–Crippen MR) is 67.8 cm³/mol. The Morgan fingerprint density at radius 1 is 1.32 bits per heavy atom. The van der Waals surface area contributed by atoms with E-state index in [0.717, 1.165) is 6.07 Å². The number of hydrogen-bond acceptors (Lipinski definition) is 2. The van der Waals surface area contributed by atoms with Crippen LogP contribution in [0.2, 0.25) is 0 Å². The third-order valence-corrected chi connectivity index (χ3v) is 2.44. The third kappa shape index (κ3) is 4.84. The van der Waals surface area contributed by atoms with E-state index in [-0.39, 0.29) is 12.4 Å². The fourth-order valence-corrected chi connectivity index (χ4v) is 1.58. The Balaban J connectivity index is 2.91. The van der Waals surface area contributed by atoms with E-state index >= 15 is 0 Å². The number of nitrogens with two attached hydrogens (primary N) is 1. The van der Waals surface area contributed by atoms with Gasteiger partial charge in [0.15, 0.2) is 0 Å². The number of ether oxygens (including phenoxy) is 1. The molecule has 1 aromatic rings. The van der Waals surface area contributed by atoms with Crippen molar-refractivity contribution in [1.29, 1.82) is 0 Å². The molecule has 104 valence electrons. The van der Waals surface area contributed by atoms with Crippen LogP contribution in [0.3, 0.4) is 0 Å². The molecule has 0 heterocycles. The standard InChI is InChI=1S/C14H16F3NO/c1-2-3-4-9-19-13-6-5-11(7-8-18)10-12(13)14(15,16)17/h5-6,10H,4,7-9,18H2,1H3. The molecule has 0 fully saturated rings. The average Bonchev–Trinajstić information content (AvgIpc) is 2.35. The van der Waals surface area contributed by atoms with Crippen molar-refractivity contribution in [3.05, 3.63) is 29.3 Å². The van der Waals surface area contributed by atoms with E-state index in [1.807, 2.05) is 0 Å². The van der Waals surface area contributed by atoms with Crippen LogP contribution in [-0.2, 0) is 12.6 Å². The number of halogens is 3. The van der Waals surface area contributed by atoms with Crippen molar-refractivity contribution in [3.63, 3.8) is 0 Å². The normalized spacial score (nSPS) is 10.8. The maximum atomic E-state index is 12.9. The maximum Gasteiger partial charge on any atom is 0.419 e. The van der Waals surface area contributed by atoms with Gasteiger partial charge in [-0.05, 0) is 37.6 Å². The van der Waals surface area contributed by atoms with Crippen molar-refractivity contribution in [2.75, 3.05) is 13.2 Å². The minimum atomic E-state index is -4.43. The zero-order valence-electron chi connectivity index (χ0n) is 10.7. The zero-order chi connectivity index (χ0) is 14.3. The van der Waals surface area contributed by atoms with Crippen LogP contribution in [0.1, 0.15) is 24.5 Å². The molecule has 0 aliphatic carbocycles. The van der Waals surface area contributed by atoms with Crippen LogP contribution in [0.5, 0.6) is 5.75 Å². The maximum absolute atomic E-state index is 12.9. The van der Waals surface area contributed by atoms with Crippen LogP contribution < -0.4 is 10.5 Å². The summed E-state index contributed by atoms with van der Waals surface area (Å²) in [6.45, 7) is 2.12. The van der Waals surface area contributed by atoms with Crippen molar-refractivity contribution >= 4 is 0 Å². The summed E-state index contributed by atoms with van der Waals surface area (Å²) in [6.07, 6.45) is -3.63. The van der Waals surface area contributed by atoms with Crippen molar-refractivity contribution in [2.24, 2.45) is 5.73 Å². The van der Waals surface area contributed by atoms with E-state index < -0.39 is 11.7 Å². The lowest BCUT2D eigenvalue weighted by atomic mass is 10.1. The zero-order valence-corrected chi connectivity index (χ0v) is 10.7. The van der Waals surface area contributed by atoms with E-state index in [2.05, 4.69) is 11.8 Å². The van der Waals surface area contributed by atoms with Crippen LogP contribution >= 0.6 is 0 Å². The minimum absolute atomic E-state index is 0.139. The highest BCUT2D eigenvalue weighted by atomic mass is 19.4. The van der Waals surface area contributed by atoms with Crippen molar-refractivity contribution in [1.82, 2.24) is 0 Å². The molecule has 0 spiro atoms. The van der Waals surface area contributed by atoms with Crippen LogP contribution in [-0.4, -0.2) is 13.2 Å². The fraction of sp³-hybridized carbons (Fsp3) is 0.429. The molecule has 0 aliphatic rings. The summed E-state index contributed by atoms with van der Waals surface area (Å²) < 4.78 is 43.9. The Labute approximate surface area is 110 Å². The van der Waals surface area contributed by atoms with Gasteiger partial charge >= 0.3 is 6.18 Å². The van der Waals surface area contributed by atoms with Gasteiger partial charge in [-0.3, -0.25) is 0 Å². The van der Waals surface area contributed by atoms with Gasteiger partial charge in [0.05, 0.1) is 12.2 Å². The van der Waals surface area contributed by atoms with Crippen molar-refractivity contribution in [2.45, 2.75) is 25.9 Å². The van der Waals surface area contributed by atoms with Crippen LogP contribution in [0.15, 0.2) is 18.2 Å². The molecule has 0 unspecified atom stereocenters. The molecule has 0 bridgehead atoms. The molecule has 0 saturated carbocycles. The summed E-state index contributed by atoms with van der Waals surface area (Å²) in [6, 6.07) is 4.03. The minimum Gasteiger partial charge on any atom is -0.492 e. The van der Waals surface area contributed by atoms with E-state index in [9.17, 15) is 13.2 Å². The number of hydrogen-bond donors (Lipinski definition) is 1. The van der Waals surface area contributed by atoms with Crippen LogP contribution in [0, 0.1) is 11.8 Å². The first-order valence-corrected chi connectivity index (χ1v) is 5.91. The molecule has 0 amide bonds. The molecule has 0 saturated heterocycles. The first-order chi connectivity index (χ1) is 8.99. The molecular weight excluding hydrogens is 255 g/mol. The first kappa shape index (κ1) is 15.4. The summed E-state index contributed by atoms with van der Waals surface area (Å²) in [5, 5.41) is 0. The second kappa shape index (κ2) is 7.05. The summed E-state index contributed by atoms with van der Waals surface area (Å²) in [4.78, 5) is 0. The molecule has 2 N–H and O–H groups in total. The first-order valence-electron chi connectivity index (χ1n) is 5.91. The average molecular weight is 271 g/mol. The van der Waals surface area contributed by atoms with Gasteiger partial charge in [-0.2, -0.15) is 13.2 Å². The molecule has 0 atom stereocenters. The highest BCUT2D eigenvalue weighted by Gasteiger charge is 2.34. The Morgan fingerprint density at radius 3 is 2.63 bits per heavy atom. The lowest BCUT2D eigenvalue weighted by Crippen LogP contribution is -2.11. The fourth-order valence-electron chi connectivity index (χ4n) is 1.58. The largest absolute Gasteiger partial charge is 0.492 e. The topological polar surface area (TPSA) is 35.2 Å². The van der Waals surface area contributed by atoms with E-state index in [1.54, 1.807) is 13.0 Å². The molecule has 19 heavy (non-hydrogen) atoms. The van der Waals surface area contributed by atoms with E-state index in [4.69, 9.17) is 10.5 Å². The SMILES string of the molecule is CC#CCCOc1ccc(CCN)cc1C(F)(F)F. The van der Waals surface area contributed by atoms with Gasteiger partial charge in [-0.1, -0.05) is 6.07 Å². The number of alkyl halides is 3. The summed E-state index contributed by atoms with van der Waals surface area (Å²) in [5.41, 5.74) is 5.13. The van der Waals surface area contributed by atoms with Gasteiger partial charge in [-0.25, -0.2) is 0 Å². The monoisotopic (exact) mass is 271 g/mol. The molecule has 0 aliphatic heterocycles. The molecular formula is C14H16F3NO. The molecule has 0 radical (unpaired) electrons. The molecule has 5 heteroatoms. The van der Waals surface area contributed by atoms with E-state index in [0.29, 0.717) is 24.9 Å². The third-order valence-electron chi connectivity index (χ3n) is 2.44.